The lowest BCUT2D eigenvalue weighted by molar-refractivity contribution is -0.384. The van der Waals surface area contributed by atoms with Crippen molar-refractivity contribution in [3.63, 3.8) is 0 Å². The van der Waals surface area contributed by atoms with Gasteiger partial charge in [-0.15, -0.1) is 0 Å². The Balaban J connectivity index is 3.09. The number of nitro groups is 1. The van der Waals surface area contributed by atoms with E-state index in [4.69, 9.17) is 5.73 Å². The summed E-state index contributed by atoms with van der Waals surface area (Å²) in [6.45, 7) is 6.82. The van der Waals surface area contributed by atoms with Gasteiger partial charge in [0, 0.05) is 24.1 Å². The number of benzene rings is 1. The minimum atomic E-state index is -0.390. The molecule has 1 atom stereocenters. The van der Waals surface area contributed by atoms with Gasteiger partial charge in [0.1, 0.15) is 0 Å². The van der Waals surface area contributed by atoms with Crippen molar-refractivity contribution in [2.75, 3.05) is 6.54 Å². The zero-order valence-electron chi connectivity index (χ0n) is 9.93. The van der Waals surface area contributed by atoms with E-state index < -0.39 is 0 Å². The molecule has 0 radical (unpaired) electrons. The van der Waals surface area contributed by atoms with E-state index in [1.54, 1.807) is 12.1 Å². The zero-order chi connectivity index (χ0) is 12.3. The van der Waals surface area contributed by atoms with Crippen molar-refractivity contribution in [3.8, 4) is 0 Å². The standard InChI is InChI=1S/C12H18N2O2/c1-9(2)12(3,8-13)10-4-6-11(7-5-10)14(15)16/h4-7,9H,8,13H2,1-3H3. The molecule has 4 heteroatoms. The lowest BCUT2D eigenvalue weighted by atomic mass is 9.73. The van der Waals surface area contributed by atoms with Crippen LogP contribution in [0.25, 0.3) is 0 Å². The molecular weight excluding hydrogens is 204 g/mol. The van der Waals surface area contributed by atoms with E-state index >= 15 is 0 Å². The topological polar surface area (TPSA) is 69.2 Å². The summed E-state index contributed by atoms with van der Waals surface area (Å²) < 4.78 is 0. The van der Waals surface area contributed by atoms with Crippen LogP contribution in [-0.2, 0) is 5.41 Å². The molecule has 1 rings (SSSR count). The van der Waals surface area contributed by atoms with Gasteiger partial charge in [-0.1, -0.05) is 32.9 Å². The Morgan fingerprint density at radius 1 is 1.38 bits per heavy atom. The molecule has 4 nitrogen and oxygen atoms in total. The summed E-state index contributed by atoms with van der Waals surface area (Å²) in [4.78, 5) is 10.2. The van der Waals surface area contributed by atoms with Gasteiger partial charge >= 0.3 is 0 Å². The summed E-state index contributed by atoms with van der Waals surface area (Å²) in [5, 5.41) is 10.5. The average molecular weight is 222 g/mol. The molecule has 0 saturated heterocycles. The summed E-state index contributed by atoms with van der Waals surface area (Å²) in [7, 11) is 0. The highest BCUT2D eigenvalue weighted by Gasteiger charge is 2.29. The molecule has 1 aromatic rings. The van der Waals surface area contributed by atoms with E-state index in [0.29, 0.717) is 12.5 Å². The Morgan fingerprint density at radius 2 is 1.88 bits per heavy atom. The number of hydrogen-bond donors (Lipinski definition) is 1. The zero-order valence-corrected chi connectivity index (χ0v) is 9.93. The van der Waals surface area contributed by atoms with Crippen LogP contribution < -0.4 is 5.73 Å². The van der Waals surface area contributed by atoms with Crippen LogP contribution in [0.4, 0.5) is 5.69 Å². The lowest BCUT2D eigenvalue weighted by Crippen LogP contribution is -2.36. The van der Waals surface area contributed by atoms with Crippen LogP contribution in [0.2, 0.25) is 0 Å². The first-order valence-corrected chi connectivity index (χ1v) is 5.37. The maximum Gasteiger partial charge on any atom is 0.269 e. The van der Waals surface area contributed by atoms with Gasteiger partial charge in [0.25, 0.3) is 5.69 Å². The maximum atomic E-state index is 10.5. The molecule has 0 amide bonds. The predicted octanol–water partition coefficient (Wildman–Crippen LogP) is 2.47. The van der Waals surface area contributed by atoms with Gasteiger partial charge in [-0.25, -0.2) is 0 Å². The van der Waals surface area contributed by atoms with Crippen LogP contribution in [0.15, 0.2) is 24.3 Å². The normalized spacial score (nSPS) is 14.8. The fraction of sp³-hybridized carbons (Fsp3) is 0.500. The third kappa shape index (κ3) is 2.22. The Bertz CT molecular complexity index is 373. The highest BCUT2D eigenvalue weighted by molar-refractivity contribution is 5.36. The molecule has 1 aromatic carbocycles. The van der Waals surface area contributed by atoms with Crippen molar-refractivity contribution < 1.29 is 4.92 Å². The second kappa shape index (κ2) is 4.61. The number of hydrogen-bond acceptors (Lipinski definition) is 3. The highest BCUT2D eigenvalue weighted by atomic mass is 16.6. The number of nitro benzene ring substituents is 1. The van der Waals surface area contributed by atoms with Gasteiger partial charge < -0.3 is 5.73 Å². The molecule has 0 fully saturated rings. The summed E-state index contributed by atoms with van der Waals surface area (Å²) in [5.74, 6) is 0.388. The quantitative estimate of drug-likeness (QED) is 0.628. The van der Waals surface area contributed by atoms with Gasteiger partial charge in [-0.05, 0) is 11.5 Å². The average Bonchev–Trinajstić information content (AvgIpc) is 2.27. The van der Waals surface area contributed by atoms with Crippen molar-refractivity contribution >= 4 is 5.69 Å². The summed E-state index contributed by atoms with van der Waals surface area (Å²) in [6, 6.07) is 6.66. The fourth-order valence-electron chi connectivity index (χ4n) is 1.65. The molecule has 0 saturated carbocycles. The molecule has 0 aliphatic heterocycles. The molecule has 88 valence electrons. The first-order chi connectivity index (χ1) is 7.41. The molecule has 0 bridgehead atoms. The van der Waals surface area contributed by atoms with Gasteiger partial charge in [-0.2, -0.15) is 0 Å². The van der Waals surface area contributed by atoms with Gasteiger partial charge in [0.05, 0.1) is 4.92 Å². The number of nitrogens with zero attached hydrogens (tertiary/aromatic N) is 1. The second-order valence-electron chi connectivity index (χ2n) is 4.58. The Labute approximate surface area is 95.6 Å². The fourth-order valence-corrected chi connectivity index (χ4v) is 1.65. The Hall–Kier alpha value is -1.42. The van der Waals surface area contributed by atoms with Crippen LogP contribution in [0.3, 0.4) is 0 Å². The van der Waals surface area contributed by atoms with Crippen molar-refractivity contribution in [2.24, 2.45) is 11.7 Å². The molecule has 16 heavy (non-hydrogen) atoms. The second-order valence-corrected chi connectivity index (χ2v) is 4.58. The minimum absolute atomic E-state index is 0.117. The summed E-state index contributed by atoms with van der Waals surface area (Å²) >= 11 is 0. The first-order valence-electron chi connectivity index (χ1n) is 5.37. The van der Waals surface area contributed by atoms with Crippen molar-refractivity contribution in [1.82, 2.24) is 0 Å². The Morgan fingerprint density at radius 3 is 2.19 bits per heavy atom. The number of non-ortho nitro benzene ring substituents is 1. The van der Waals surface area contributed by atoms with E-state index in [9.17, 15) is 10.1 Å². The summed E-state index contributed by atoms with van der Waals surface area (Å²) in [6.07, 6.45) is 0. The molecule has 2 N–H and O–H groups in total. The molecule has 0 aliphatic carbocycles. The third-order valence-corrected chi connectivity index (χ3v) is 3.44. The van der Waals surface area contributed by atoms with Gasteiger partial charge in [0.2, 0.25) is 0 Å². The van der Waals surface area contributed by atoms with Gasteiger partial charge in [-0.3, -0.25) is 10.1 Å². The molecule has 0 aliphatic rings. The highest BCUT2D eigenvalue weighted by Crippen LogP contribution is 2.31. The molecule has 0 aromatic heterocycles. The smallest absolute Gasteiger partial charge is 0.269 e. The lowest BCUT2D eigenvalue weighted by Gasteiger charge is -2.32. The van der Waals surface area contributed by atoms with E-state index in [1.165, 1.54) is 12.1 Å². The molecule has 0 spiro atoms. The van der Waals surface area contributed by atoms with E-state index in [-0.39, 0.29) is 16.0 Å². The van der Waals surface area contributed by atoms with Crippen molar-refractivity contribution in [1.29, 1.82) is 0 Å². The van der Waals surface area contributed by atoms with Crippen molar-refractivity contribution in [2.45, 2.75) is 26.2 Å². The summed E-state index contributed by atoms with van der Waals surface area (Å²) in [5.41, 5.74) is 6.84. The molecule has 0 heterocycles. The maximum absolute atomic E-state index is 10.5. The van der Waals surface area contributed by atoms with Crippen LogP contribution in [0, 0.1) is 16.0 Å². The van der Waals surface area contributed by atoms with Crippen LogP contribution in [0.1, 0.15) is 26.3 Å². The SMILES string of the molecule is CC(C)C(C)(CN)c1ccc([N+](=O)[O-])cc1. The Kier molecular flexibility index (Phi) is 3.65. The van der Waals surface area contributed by atoms with Crippen LogP contribution in [-0.4, -0.2) is 11.5 Å². The number of nitrogens with two attached hydrogens (primary N) is 1. The van der Waals surface area contributed by atoms with Crippen molar-refractivity contribution in [3.05, 3.63) is 39.9 Å². The van der Waals surface area contributed by atoms with E-state index in [1.807, 2.05) is 0 Å². The first kappa shape index (κ1) is 12.6. The minimum Gasteiger partial charge on any atom is -0.330 e. The third-order valence-electron chi connectivity index (χ3n) is 3.44. The molecular formula is C12H18N2O2. The van der Waals surface area contributed by atoms with E-state index in [2.05, 4.69) is 20.8 Å². The molecule has 1 unspecified atom stereocenters. The predicted molar refractivity (Wildman–Crippen MR) is 64.3 cm³/mol. The van der Waals surface area contributed by atoms with E-state index in [0.717, 1.165) is 5.56 Å². The van der Waals surface area contributed by atoms with Crippen LogP contribution >= 0.6 is 0 Å². The number of rotatable bonds is 4. The monoisotopic (exact) mass is 222 g/mol. The van der Waals surface area contributed by atoms with Crippen LogP contribution in [0.5, 0.6) is 0 Å². The largest absolute Gasteiger partial charge is 0.330 e. The van der Waals surface area contributed by atoms with Gasteiger partial charge in [0.15, 0.2) is 0 Å².